The van der Waals surface area contributed by atoms with Crippen LogP contribution in [0, 0.1) is 0 Å². The van der Waals surface area contributed by atoms with E-state index in [1.807, 2.05) is 0 Å². The fourth-order valence-corrected chi connectivity index (χ4v) is 3.05. The second kappa shape index (κ2) is 9.15. The maximum Gasteiger partial charge on any atom is 0.331 e. The summed E-state index contributed by atoms with van der Waals surface area (Å²) in [5.41, 5.74) is 1.01. The number of nitrogens with one attached hydrogen (secondary N) is 2. The van der Waals surface area contributed by atoms with Gasteiger partial charge in [0.2, 0.25) is 10.0 Å². The first-order valence-corrected chi connectivity index (χ1v) is 9.48. The number of anilines is 1. The number of ether oxygens (including phenoxy) is 1. The first-order valence-electron chi connectivity index (χ1n) is 8.00. The molecule has 0 unspecified atom stereocenters. The molecule has 27 heavy (non-hydrogen) atoms. The third kappa shape index (κ3) is 6.72. The van der Waals surface area contributed by atoms with Gasteiger partial charge in [-0.15, -0.1) is 0 Å². The summed E-state index contributed by atoms with van der Waals surface area (Å²) in [5, 5.41) is 2.49. The van der Waals surface area contributed by atoms with E-state index in [2.05, 4.69) is 10.0 Å². The summed E-state index contributed by atoms with van der Waals surface area (Å²) in [7, 11) is -3.79. The van der Waals surface area contributed by atoms with Crippen LogP contribution in [0.4, 0.5) is 5.69 Å². The molecular weight excluding hydrogens is 372 g/mol. The minimum absolute atomic E-state index is 0.00619. The van der Waals surface area contributed by atoms with Crippen molar-refractivity contribution in [2.75, 3.05) is 11.9 Å². The third-order valence-corrected chi connectivity index (χ3v) is 4.60. The minimum Gasteiger partial charge on any atom is -0.468 e. The minimum atomic E-state index is -3.79. The van der Waals surface area contributed by atoms with E-state index in [1.54, 1.807) is 26.0 Å². The Kier molecular flexibility index (Phi) is 6.91. The molecule has 0 aliphatic carbocycles. The molecule has 1 heterocycles. The van der Waals surface area contributed by atoms with Crippen LogP contribution in [0.25, 0.3) is 0 Å². The molecule has 1 aromatic heterocycles. The molecule has 0 aliphatic rings. The fraction of sp³-hybridized carbons (Fsp3) is 0.222. The molecule has 0 saturated heterocycles. The topological polar surface area (TPSA) is 115 Å². The van der Waals surface area contributed by atoms with Crippen LogP contribution in [0.2, 0.25) is 0 Å². The smallest absolute Gasteiger partial charge is 0.331 e. The Bertz CT molecular complexity index is 929. The molecule has 2 rings (SSSR count). The van der Waals surface area contributed by atoms with E-state index in [9.17, 15) is 18.0 Å². The van der Waals surface area contributed by atoms with Crippen molar-refractivity contribution in [2.24, 2.45) is 0 Å². The van der Waals surface area contributed by atoms with Crippen molar-refractivity contribution in [3.05, 3.63) is 60.1 Å². The molecule has 0 aliphatic heterocycles. The van der Waals surface area contributed by atoms with Crippen LogP contribution in [0.15, 0.2) is 63.6 Å². The van der Waals surface area contributed by atoms with Crippen molar-refractivity contribution < 1.29 is 27.2 Å². The average Bonchev–Trinajstić information content (AvgIpc) is 3.12. The van der Waals surface area contributed by atoms with Crippen molar-refractivity contribution in [3.8, 4) is 0 Å². The summed E-state index contributed by atoms with van der Waals surface area (Å²) in [6, 6.07) is 9.03. The van der Waals surface area contributed by atoms with Gasteiger partial charge in [0.25, 0.3) is 5.91 Å². The van der Waals surface area contributed by atoms with Crippen molar-refractivity contribution in [1.29, 1.82) is 0 Å². The number of carbonyl (C=O) groups is 2. The van der Waals surface area contributed by atoms with E-state index in [1.165, 1.54) is 36.6 Å². The van der Waals surface area contributed by atoms with Gasteiger partial charge in [-0.3, -0.25) is 4.79 Å². The Morgan fingerprint density at radius 2 is 1.96 bits per heavy atom. The Morgan fingerprint density at radius 1 is 1.19 bits per heavy atom. The van der Waals surface area contributed by atoms with Crippen LogP contribution < -0.4 is 10.0 Å². The molecule has 2 N–H and O–H groups in total. The highest BCUT2D eigenvalue weighted by Gasteiger charge is 2.15. The van der Waals surface area contributed by atoms with E-state index in [0.29, 0.717) is 5.76 Å². The molecule has 0 spiro atoms. The number of allylic oxidation sites excluding steroid dienone is 1. The van der Waals surface area contributed by atoms with Crippen LogP contribution in [0.5, 0.6) is 0 Å². The summed E-state index contributed by atoms with van der Waals surface area (Å²) in [6.45, 7) is 2.99. The predicted octanol–water partition coefficient (Wildman–Crippen LogP) is 2.21. The largest absolute Gasteiger partial charge is 0.468 e. The molecule has 8 nitrogen and oxygen atoms in total. The summed E-state index contributed by atoms with van der Waals surface area (Å²) in [5.74, 6) is -0.728. The Labute approximate surface area is 157 Å². The normalized spacial score (nSPS) is 10.9. The van der Waals surface area contributed by atoms with Crippen molar-refractivity contribution >= 4 is 27.6 Å². The third-order valence-electron chi connectivity index (χ3n) is 3.20. The number of esters is 1. The van der Waals surface area contributed by atoms with E-state index in [-0.39, 0.29) is 17.1 Å². The highest BCUT2D eigenvalue weighted by molar-refractivity contribution is 7.89. The highest BCUT2D eigenvalue weighted by atomic mass is 32.2. The van der Waals surface area contributed by atoms with Crippen molar-refractivity contribution in [2.45, 2.75) is 25.3 Å². The molecule has 0 bridgehead atoms. The highest BCUT2D eigenvalue weighted by Crippen LogP contribution is 2.16. The number of amides is 1. The molecule has 1 aromatic carbocycles. The van der Waals surface area contributed by atoms with Crippen molar-refractivity contribution in [3.63, 3.8) is 0 Å². The van der Waals surface area contributed by atoms with Gasteiger partial charge < -0.3 is 14.5 Å². The quantitative estimate of drug-likeness (QED) is 0.526. The van der Waals surface area contributed by atoms with Crippen LogP contribution in [0.1, 0.15) is 19.6 Å². The maximum absolute atomic E-state index is 12.3. The molecule has 0 radical (unpaired) electrons. The molecular formula is C18H20N2O6S. The zero-order valence-corrected chi connectivity index (χ0v) is 15.7. The van der Waals surface area contributed by atoms with Gasteiger partial charge in [-0.2, -0.15) is 0 Å². The lowest BCUT2D eigenvalue weighted by Gasteiger charge is -2.09. The predicted molar refractivity (Wildman–Crippen MR) is 98.2 cm³/mol. The van der Waals surface area contributed by atoms with Crippen molar-refractivity contribution in [1.82, 2.24) is 4.72 Å². The van der Waals surface area contributed by atoms with E-state index in [4.69, 9.17) is 9.15 Å². The maximum atomic E-state index is 12.3. The van der Waals surface area contributed by atoms with Crippen LogP contribution in [-0.4, -0.2) is 26.9 Å². The lowest BCUT2D eigenvalue weighted by Crippen LogP contribution is -2.23. The number of furan rings is 1. The Morgan fingerprint density at radius 3 is 2.63 bits per heavy atom. The first-order chi connectivity index (χ1) is 12.8. The number of hydrogen-bond acceptors (Lipinski definition) is 6. The van der Waals surface area contributed by atoms with Gasteiger partial charge in [0.05, 0.1) is 17.7 Å². The molecule has 0 fully saturated rings. The number of benzene rings is 1. The van der Waals surface area contributed by atoms with E-state index in [0.717, 1.165) is 5.57 Å². The Hall–Kier alpha value is -2.91. The second-order valence-corrected chi connectivity index (χ2v) is 7.58. The lowest BCUT2D eigenvalue weighted by atomic mass is 10.3. The van der Waals surface area contributed by atoms with E-state index < -0.39 is 28.5 Å². The molecule has 1 amide bonds. The van der Waals surface area contributed by atoms with Gasteiger partial charge in [-0.1, -0.05) is 11.6 Å². The van der Waals surface area contributed by atoms with E-state index >= 15 is 0 Å². The zero-order chi connectivity index (χ0) is 19.9. The lowest BCUT2D eigenvalue weighted by molar-refractivity contribution is -0.142. The summed E-state index contributed by atoms with van der Waals surface area (Å²) in [4.78, 5) is 23.2. The van der Waals surface area contributed by atoms with Gasteiger partial charge in [-0.05, 0) is 44.2 Å². The van der Waals surface area contributed by atoms with Gasteiger partial charge >= 0.3 is 5.97 Å². The molecule has 0 saturated carbocycles. The van der Waals surface area contributed by atoms with Gasteiger partial charge in [0.1, 0.15) is 5.76 Å². The second-order valence-electron chi connectivity index (χ2n) is 5.81. The van der Waals surface area contributed by atoms with Gasteiger partial charge in [0.15, 0.2) is 6.61 Å². The number of carbonyl (C=O) groups excluding carboxylic acids is 2. The summed E-state index contributed by atoms with van der Waals surface area (Å²) >= 11 is 0. The van der Waals surface area contributed by atoms with Gasteiger partial charge in [0, 0.05) is 11.8 Å². The monoisotopic (exact) mass is 392 g/mol. The fourth-order valence-electron chi connectivity index (χ4n) is 2.01. The standard InChI is InChI=1S/C18H20N2O6S/c1-13(2)9-18(22)26-12-17(21)20-14-5-3-7-16(10-14)27(23,24)19-11-15-6-4-8-25-15/h3-10,19H,11-12H2,1-2H3,(H,20,21). The molecule has 2 aromatic rings. The first kappa shape index (κ1) is 20.4. The number of rotatable bonds is 8. The molecule has 144 valence electrons. The van der Waals surface area contributed by atoms with Crippen LogP contribution in [0.3, 0.4) is 0 Å². The van der Waals surface area contributed by atoms with Gasteiger partial charge in [-0.25, -0.2) is 17.9 Å². The zero-order valence-electron chi connectivity index (χ0n) is 14.9. The average molecular weight is 392 g/mol. The SMILES string of the molecule is CC(C)=CC(=O)OCC(=O)Nc1cccc(S(=O)(=O)NCc2ccco2)c1. The number of hydrogen-bond donors (Lipinski definition) is 2. The van der Waals surface area contributed by atoms with Crippen LogP contribution >= 0.6 is 0 Å². The summed E-state index contributed by atoms with van der Waals surface area (Å²) < 4.78 is 37.0. The molecule has 0 atom stereocenters. The Balaban J connectivity index is 1.96. The van der Waals surface area contributed by atoms with Crippen LogP contribution in [-0.2, 0) is 30.9 Å². The molecule has 9 heteroatoms. The summed E-state index contributed by atoms with van der Waals surface area (Å²) in [6.07, 6.45) is 2.72. The number of sulfonamides is 1.